The molecule has 0 aliphatic heterocycles. The second kappa shape index (κ2) is 11.0. The lowest BCUT2D eigenvalue weighted by atomic mass is 9.78. The molecule has 0 bridgehead atoms. The van der Waals surface area contributed by atoms with Gasteiger partial charge in [0.05, 0.1) is 5.69 Å². The summed E-state index contributed by atoms with van der Waals surface area (Å²) >= 11 is 0. The number of anilines is 2. The highest BCUT2D eigenvalue weighted by Gasteiger charge is 2.28. The van der Waals surface area contributed by atoms with E-state index in [1.807, 2.05) is 30.5 Å². The number of hydrogen-bond acceptors (Lipinski definition) is 4. The Morgan fingerprint density at radius 3 is 2.61 bits per heavy atom. The summed E-state index contributed by atoms with van der Waals surface area (Å²) in [6, 6.07) is 23.7. The van der Waals surface area contributed by atoms with Crippen LogP contribution in [0, 0.1) is 5.82 Å². The molecular formula is C31H33FN4. The van der Waals surface area contributed by atoms with E-state index in [0.717, 1.165) is 53.1 Å². The number of fused-ring (bicyclic) bond motifs is 3. The number of nitrogens with zero attached hydrogens (tertiary/aromatic N) is 3. The minimum absolute atomic E-state index is 0.0514. The Morgan fingerprint density at radius 1 is 0.972 bits per heavy atom. The van der Waals surface area contributed by atoms with Gasteiger partial charge in [-0.3, -0.25) is 0 Å². The van der Waals surface area contributed by atoms with Gasteiger partial charge in [0.1, 0.15) is 5.82 Å². The van der Waals surface area contributed by atoms with Crippen molar-refractivity contribution >= 4 is 11.6 Å². The molecule has 5 heteroatoms. The molecule has 4 nitrogen and oxygen atoms in total. The Kier molecular flexibility index (Phi) is 7.38. The molecule has 1 aromatic heterocycles. The molecule has 3 aromatic carbocycles. The monoisotopic (exact) mass is 480 g/mol. The first-order chi connectivity index (χ1) is 17.6. The molecule has 0 saturated heterocycles. The van der Waals surface area contributed by atoms with Crippen LogP contribution in [0.25, 0.3) is 11.3 Å². The molecular weight excluding hydrogens is 447 g/mol. The molecule has 0 fully saturated rings. The van der Waals surface area contributed by atoms with Crippen molar-refractivity contribution in [2.75, 3.05) is 25.5 Å². The molecule has 4 aromatic rings. The quantitative estimate of drug-likeness (QED) is 0.280. The van der Waals surface area contributed by atoms with Crippen LogP contribution < -0.4 is 5.32 Å². The van der Waals surface area contributed by atoms with Crippen molar-refractivity contribution in [2.24, 2.45) is 0 Å². The number of aromatic nitrogens is 2. The van der Waals surface area contributed by atoms with Gasteiger partial charge in [-0.25, -0.2) is 14.4 Å². The van der Waals surface area contributed by atoms with Crippen molar-refractivity contribution in [1.82, 2.24) is 14.9 Å². The van der Waals surface area contributed by atoms with Gasteiger partial charge in [-0.05, 0) is 73.3 Å². The summed E-state index contributed by atoms with van der Waals surface area (Å²) < 4.78 is 14.7. The van der Waals surface area contributed by atoms with Crippen LogP contribution in [0.3, 0.4) is 0 Å². The third-order valence-electron chi connectivity index (χ3n) is 7.02. The fourth-order valence-electron chi connectivity index (χ4n) is 5.02. The van der Waals surface area contributed by atoms with E-state index < -0.39 is 0 Å². The first-order valence-corrected chi connectivity index (χ1v) is 12.9. The summed E-state index contributed by atoms with van der Waals surface area (Å²) in [7, 11) is 2.19. The maximum Gasteiger partial charge on any atom is 0.227 e. The van der Waals surface area contributed by atoms with Gasteiger partial charge in [0, 0.05) is 29.9 Å². The molecule has 0 spiro atoms. The van der Waals surface area contributed by atoms with Crippen LogP contribution in [0.4, 0.5) is 16.0 Å². The largest absolute Gasteiger partial charge is 0.324 e. The van der Waals surface area contributed by atoms with E-state index in [9.17, 15) is 4.39 Å². The highest BCUT2D eigenvalue weighted by molar-refractivity contribution is 5.73. The number of likely N-dealkylation sites (N-methyl/N-ethyl adjacent to an activating group) is 1. The zero-order valence-electron chi connectivity index (χ0n) is 21.0. The molecule has 1 atom stereocenters. The van der Waals surface area contributed by atoms with Crippen LogP contribution in [0.2, 0.25) is 0 Å². The third-order valence-corrected chi connectivity index (χ3v) is 7.02. The lowest BCUT2D eigenvalue weighted by molar-refractivity contribution is 0.332. The van der Waals surface area contributed by atoms with Crippen LogP contribution in [0.15, 0.2) is 79.0 Å². The molecule has 0 amide bonds. The first kappa shape index (κ1) is 24.1. The van der Waals surface area contributed by atoms with E-state index in [1.165, 1.54) is 24.5 Å². The van der Waals surface area contributed by atoms with E-state index in [-0.39, 0.29) is 11.7 Å². The van der Waals surface area contributed by atoms with Crippen LogP contribution >= 0.6 is 0 Å². The summed E-state index contributed by atoms with van der Waals surface area (Å²) in [6.07, 6.45) is 6.03. The zero-order valence-corrected chi connectivity index (χ0v) is 21.0. The fourth-order valence-corrected chi connectivity index (χ4v) is 5.02. The number of unbranched alkanes of at least 4 members (excludes halogenated alkanes) is 1. The third kappa shape index (κ3) is 5.31. The number of hydrogen-bond donors (Lipinski definition) is 1. The van der Waals surface area contributed by atoms with Gasteiger partial charge in [0.25, 0.3) is 0 Å². The topological polar surface area (TPSA) is 41.0 Å². The van der Waals surface area contributed by atoms with Crippen LogP contribution in [-0.2, 0) is 12.8 Å². The van der Waals surface area contributed by atoms with Gasteiger partial charge < -0.3 is 10.2 Å². The lowest BCUT2D eigenvalue weighted by Gasteiger charge is -2.27. The number of benzene rings is 3. The molecule has 36 heavy (non-hydrogen) atoms. The molecule has 184 valence electrons. The summed E-state index contributed by atoms with van der Waals surface area (Å²) in [5.41, 5.74) is 7.10. The van der Waals surface area contributed by atoms with Gasteiger partial charge in [-0.15, -0.1) is 0 Å². The number of nitrogens with one attached hydrogen (secondary N) is 1. The predicted molar refractivity (Wildman–Crippen MR) is 145 cm³/mol. The van der Waals surface area contributed by atoms with Crippen molar-refractivity contribution in [3.05, 3.63) is 107 Å². The van der Waals surface area contributed by atoms with Gasteiger partial charge in [-0.1, -0.05) is 67.9 Å². The average Bonchev–Trinajstić information content (AvgIpc) is 2.91. The van der Waals surface area contributed by atoms with Crippen LogP contribution in [0.1, 0.15) is 47.9 Å². The summed E-state index contributed by atoms with van der Waals surface area (Å²) in [5, 5.41) is 3.40. The molecule has 5 rings (SSSR count). The lowest BCUT2D eigenvalue weighted by Crippen LogP contribution is -2.22. The number of rotatable bonds is 9. The molecule has 1 aliphatic rings. The second-order valence-electron chi connectivity index (χ2n) is 9.67. The van der Waals surface area contributed by atoms with Crippen molar-refractivity contribution in [3.8, 4) is 11.3 Å². The van der Waals surface area contributed by atoms with Crippen molar-refractivity contribution in [2.45, 2.75) is 38.5 Å². The van der Waals surface area contributed by atoms with E-state index in [1.54, 1.807) is 6.07 Å². The Balaban J connectivity index is 1.37. The smallest absolute Gasteiger partial charge is 0.227 e. The van der Waals surface area contributed by atoms with Gasteiger partial charge in [-0.2, -0.15) is 0 Å². The normalized spacial score (nSPS) is 14.4. The highest BCUT2D eigenvalue weighted by atomic mass is 19.1. The summed E-state index contributed by atoms with van der Waals surface area (Å²) in [6.45, 7) is 4.40. The van der Waals surface area contributed by atoms with Gasteiger partial charge >= 0.3 is 0 Å². The standard InChI is InChI=1S/C31H33FN4/c1-3-4-17-36(2)18-16-22-10-9-11-24(19-22)34-31-33-21-23-20-28(26-13-7-8-15-29(26)32)25-12-5-6-14-27(25)30(23)35-31/h5-15,19,21,28H,3-4,16-18,20H2,1-2H3,(H,33,34,35)/t28-/m1/s1. The van der Waals surface area contributed by atoms with E-state index in [4.69, 9.17) is 4.98 Å². The van der Waals surface area contributed by atoms with E-state index >= 15 is 0 Å². The van der Waals surface area contributed by atoms with Crippen LogP contribution in [-0.4, -0.2) is 35.0 Å². The first-order valence-electron chi connectivity index (χ1n) is 12.9. The van der Waals surface area contributed by atoms with Crippen molar-refractivity contribution < 1.29 is 4.39 Å². The zero-order chi connectivity index (χ0) is 24.9. The van der Waals surface area contributed by atoms with Crippen molar-refractivity contribution in [1.29, 1.82) is 0 Å². The Morgan fingerprint density at radius 2 is 1.78 bits per heavy atom. The molecule has 0 unspecified atom stereocenters. The average molecular weight is 481 g/mol. The minimum Gasteiger partial charge on any atom is -0.324 e. The molecule has 1 heterocycles. The second-order valence-corrected chi connectivity index (χ2v) is 9.67. The summed E-state index contributed by atoms with van der Waals surface area (Å²) in [5.74, 6) is 0.353. The maximum atomic E-state index is 14.7. The highest BCUT2D eigenvalue weighted by Crippen LogP contribution is 2.42. The van der Waals surface area contributed by atoms with Crippen LogP contribution in [0.5, 0.6) is 0 Å². The van der Waals surface area contributed by atoms with E-state index in [2.05, 4.69) is 65.6 Å². The predicted octanol–water partition coefficient (Wildman–Crippen LogP) is 6.99. The SMILES string of the molecule is CCCCN(C)CCc1cccc(Nc2ncc3c(n2)-c2ccccc2[C@H](c2ccccc2F)C3)c1. The molecule has 1 N–H and O–H groups in total. The Bertz CT molecular complexity index is 1340. The molecule has 0 radical (unpaired) electrons. The Labute approximate surface area is 213 Å². The fraction of sp³-hybridized carbons (Fsp3) is 0.290. The minimum atomic E-state index is -0.170. The maximum absolute atomic E-state index is 14.7. The number of halogens is 1. The molecule has 1 aliphatic carbocycles. The van der Waals surface area contributed by atoms with Crippen molar-refractivity contribution in [3.63, 3.8) is 0 Å². The van der Waals surface area contributed by atoms with Gasteiger partial charge in [0.15, 0.2) is 0 Å². The van der Waals surface area contributed by atoms with Gasteiger partial charge in [0.2, 0.25) is 5.95 Å². The molecule has 0 saturated carbocycles. The van der Waals surface area contributed by atoms with E-state index in [0.29, 0.717) is 12.4 Å². The summed E-state index contributed by atoms with van der Waals surface area (Å²) in [4.78, 5) is 11.9. The Hall–Kier alpha value is -3.57.